The third-order valence-electron chi connectivity index (χ3n) is 4.77. The number of ether oxygens (including phenoxy) is 1. The van der Waals surface area contributed by atoms with Gasteiger partial charge in [0.15, 0.2) is 5.01 Å². The minimum Gasteiger partial charge on any atom is -0.458 e. The Hall–Kier alpha value is -3.56. The molecule has 0 aliphatic heterocycles. The van der Waals surface area contributed by atoms with Gasteiger partial charge in [-0.15, -0.1) is 0 Å². The van der Waals surface area contributed by atoms with Gasteiger partial charge in [0.25, 0.3) is 11.5 Å². The Balaban J connectivity index is 1.46. The number of hydrogen-bond acceptors (Lipinski definition) is 7. The van der Waals surface area contributed by atoms with Crippen LogP contribution in [0.3, 0.4) is 0 Å². The predicted molar refractivity (Wildman–Crippen MR) is 124 cm³/mol. The second kappa shape index (κ2) is 9.93. The van der Waals surface area contributed by atoms with Crippen LogP contribution in [0.4, 0.5) is 0 Å². The van der Waals surface area contributed by atoms with Crippen LogP contribution in [-0.4, -0.2) is 26.5 Å². The van der Waals surface area contributed by atoms with E-state index >= 15 is 0 Å². The van der Waals surface area contributed by atoms with E-state index in [1.54, 1.807) is 31.2 Å². The van der Waals surface area contributed by atoms with Gasteiger partial charge in [-0.05, 0) is 24.6 Å². The quantitative estimate of drug-likeness (QED) is 0.403. The second-order valence-electron chi connectivity index (χ2n) is 7.21. The average molecular weight is 483 g/mol. The monoisotopic (exact) mass is 482 g/mol. The van der Waals surface area contributed by atoms with Crippen LogP contribution in [0.1, 0.15) is 39.1 Å². The van der Waals surface area contributed by atoms with Gasteiger partial charge in [-0.3, -0.25) is 14.4 Å². The number of aromatic nitrogens is 3. The Kier molecular flexibility index (Phi) is 6.81. The third-order valence-corrected chi connectivity index (χ3v) is 5.98. The molecule has 0 aliphatic rings. The molecule has 0 saturated carbocycles. The van der Waals surface area contributed by atoms with E-state index in [1.165, 1.54) is 21.9 Å². The largest absolute Gasteiger partial charge is 0.458 e. The topological polar surface area (TPSA) is 103 Å². The van der Waals surface area contributed by atoms with E-state index in [0.29, 0.717) is 26.2 Å². The van der Waals surface area contributed by atoms with Crippen LogP contribution in [0.15, 0.2) is 65.5 Å². The molecule has 0 radical (unpaired) electrons. The van der Waals surface area contributed by atoms with Gasteiger partial charge < -0.3 is 10.1 Å². The molecule has 0 aliphatic carbocycles. The molecule has 2 aromatic carbocycles. The maximum Gasteiger partial charge on any atom is 0.308 e. The van der Waals surface area contributed by atoms with E-state index in [4.69, 9.17) is 16.3 Å². The summed E-state index contributed by atoms with van der Waals surface area (Å²) in [4.78, 5) is 42.1. The molecule has 168 valence electrons. The number of esters is 1. The van der Waals surface area contributed by atoms with E-state index in [2.05, 4.69) is 15.4 Å². The van der Waals surface area contributed by atoms with Gasteiger partial charge >= 0.3 is 5.97 Å². The highest BCUT2D eigenvalue weighted by molar-refractivity contribution is 7.16. The Morgan fingerprint density at radius 1 is 1.15 bits per heavy atom. The third kappa shape index (κ3) is 5.44. The van der Waals surface area contributed by atoms with Gasteiger partial charge in [-0.25, -0.2) is 4.98 Å². The molecule has 1 N–H and O–H groups in total. The normalized spacial score (nSPS) is 11.8. The number of nitrogens with one attached hydrogen (secondary N) is 1. The van der Waals surface area contributed by atoms with Crippen LogP contribution in [0.5, 0.6) is 0 Å². The van der Waals surface area contributed by atoms with E-state index in [0.717, 1.165) is 5.56 Å². The van der Waals surface area contributed by atoms with Crippen molar-refractivity contribution >= 4 is 39.8 Å². The molecular formula is C23H19ClN4O4S. The Labute approximate surface area is 197 Å². The maximum atomic E-state index is 12.8. The molecular weight excluding hydrogens is 464 g/mol. The van der Waals surface area contributed by atoms with Crippen molar-refractivity contribution in [1.82, 2.24) is 19.9 Å². The van der Waals surface area contributed by atoms with Gasteiger partial charge in [0, 0.05) is 11.8 Å². The summed E-state index contributed by atoms with van der Waals surface area (Å²) in [7, 11) is 0. The van der Waals surface area contributed by atoms with E-state index in [1.807, 2.05) is 30.3 Å². The molecule has 1 amide bonds. The fraction of sp³-hybridized carbons (Fsp3) is 0.174. The van der Waals surface area contributed by atoms with Crippen molar-refractivity contribution < 1.29 is 14.3 Å². The van der Waals surface area contributed by atoms with Crippen LogP contribution < -0.4 is 10.9 Å². The van der Waals surface area contributed by atoms with Crippen molar-refractivity contribution in [3.05, 3.63) is 97.9 Å². The Bertz CT molecular complexity index is 1370. The zero-order valence-electron chi connectivity index (χ0n) is 17.5. The average Bonchev–Trinajstić information content (AvgIpc) is 3.21. The van der Waals surface area contributed by atoms with Crippen molar-refractivity contribution in [3.8, 4) is 0 Å². The molecule has 8 nitrogen and oxygen atoms in total. The van der Waals surface area contributed by atoms with Gasteiger partial charge in [-0.2, -0.15) is 9.61 Å². The highest BCUT2D eigenvalue weighted by atomic mass is 35.5. The number of aryl methyl sites for hydroxylation is 1. The van der Waals surface area contributed by atoms with Gasteiger partial charge in [0.2, 0.25) is 4.96 Å². The molecule has 2 aromatic heterocycles. The Morgan fingerprint density at radius 3 is 2.64 bits per heavy atom. The first-order chi connectivity index (χ1) is 15.9. The lowest BCUT2D eigenvalue weighted by molar-refractivity contribution is -0.145. The van der Waals surface area contributed by atoms with E-state index < -0.39 is 17.9 Å². The lowest BCUT2D eigenvalue weighted by atomic mass is 10.0. The van der Waals surface area contributed by atoms with Crippen molar-refractivity contribution in [3.63, 3.8) is 0 Å². The molecule has 0 unspecified atom stereocenters. The van der Waals surface area contributed by atoms with Gasteiger partial charge in [0.05, 0.1) is 23.0 Å². The second-order valence-corrected chi connectivity index (χ2v) is 8.66. The smallest absolute Gasteiger partial charge is 0.308 e. The minimum absolute atomic E-state index is 0.0948. The van der Waals surface area contributed by atoms with E-state index in [9.17, 15) is 14.4 Å². The number of amides is 1. The van der Waals surface area contributed by atoms with Gasteiger partial charge in [-0.1, -0.05) is 65.4 Å². The summed E-state index contributed by atoms with van der Waals surface area (Å²) in [6, 6.07) is 16.6. The Morgan fingerprint density at radius 2 is 1.88 bits per heavy atom. The SMILES string of the molecule is Cc1cc(=O)n2nc(COC(=O)C[C@@H](NC(=O)c3ccccc3Cl)c3ccccc3)sc2n1. The number of carbonyl (C=O) groups excluding carboxylic acids is 2. The molecule has 0 spiro atoms. The van der Waals surface area contributed by atoms with Crippen LogP contribution in [-0.2, 0) is 16.1 Å². The van der Waals surface area contributed by atoms with Crippen molar-refractivity contribution in [2.75, 3.05) is 0 Å². The van der Waals surface area contributed by atoms with Crippen molar-refractivity contribution in [2.24, 2.45) is 0 Å². The predicted octanol–water partition coefficient (Wildman–Crippen LogP) is 3.72. The van der Waals surface area contributed by atoms with Crippen LogP contribution in [0.2, 0.25) is 5.02 Å². The summed E-state index contributed by atoms with van der Waals surface area (Å²) in [5.74, 6) is -0.923. The standard InChI is InChI=1S/C23H19ClN4O4S/c1-14-11-20(29)28-23(25-14)33-19(27-28)13-32-21(30)12-18(15-7-3-2-4-8-15)26-22(31)16-9-5-6-10-17(16)24/h2-11,18H,12-13H2,1H3,(H,26,31)/t18-/m1/s1. The highest BCUT2D eigenvalue weighted by Gasteiger charge is 2.21. The number of halogens is 1. The van der Waals surface area contributed by atoms with Crippen LogP contribution >= 0.6 is 22.9 Å². The molecule has 0 bridgehead atoms. The summed E-state index contributed by atoms with van der Waals surface area (Å²) in [6.45, 7) is 1.62. The number of carbonyl (C=O) groups is 2. The molecule has 0 saturated heterocycles. The first-order valence-corrected chi connectivity index (χ1v) is 11.2. The van der Waals surface area contributed by atoms with E-state index in [-0.39, 0.29) is 18.6 Å². The summed E-state index contributed by atoms with van der Waals surface area (Å²) in [6.07, 6.45) is -0.0948. The molecule has 0 fully saturated rings. The molecule has 33 heavy (non-hydrogen) atoms. The number of rotatable bonds is 7. The summed E-state index contributed by atoms with van der Waals surface area (Å²) in [5.41, 5.74) is 1.36. The van der Waals surface area contributed by atoms with Crippen molar-refractivity contribution in [1.29, 1.82) is 0 Å². The molecule has 1 atom stereocenters. The fourth-order valence-corrected chi connectivity index (χ4v) is 4.28. The lowest BCUT2D eigenvalue weighted by Crippen LogP contribution is -2.30. The van der Waals surface area contributed by atoms with Crippen LogP contribution in [0, 0.1) is 6.92 Å². The fourth-order valence-electron chi connectivity index (χ4n) is 3.21. The summed E-state index contributed by atoms with van der Waals surface area (Å²) < 4.78 is 6.56. The number of hydrogen-bond donors (Lipinski definition) is 1. The van der Waals surface area contributed by atoms with Crippen LogP contribution in [0.25, 0.3) is 4.96 Å². The zero-order valence-corrected chi connectivity index (χ0v) is 19.1. The lowest BCUT2D eigenvalue weighted by Gasteiger charge is -2.19. The molecule has 2 heterocycles. The highest BCUT2D eigenvalue weighted by Crippen LogP contribution is 2.21. The first-order valence-electron chi connectivity index (χ1n) is 10.0. The van der Waals surface area contributed by atoms with Gasteiger partial charge in [0.1, 0.15) is 6.61 Å². The number of benzene rings is 2. The molecule has 10 heteroatoms. The van der Waals surface area contributed by atoms with Crippen molar-refractivity contribution in [2.45, 2.75) is 26.0 Å². The summed E-state index contributed by atoms with van der Waals surface area (Å²) >= 11 is 7.31. The molecule has 4 rings (SSSR count). The maximum absolute atomic E-state index is 12.8. The zero-order chi connectivity index (χ0) is 23.4. The molecule has 4 aromatic rings. The summed E-state index contributed by atoms with van der Waals surface area (Å²) in [5, 5.41) is 7.78. The first kappa shape index (κ1) is 22.6. The number of fused-ring (bicyclic) bond motifs is 1. The minimum atomic E-state index is -0.621. The number of nitrogens with zero attached hydrogens (tertiary/aromatic N) is 3.